The number of carboxylic acids is 1. The topological polar surface area (TPSA) is 80.7 Å². The van der Waals surface area contributed by atoms with Gasteiger partial charge in [0.2, 0.25) is 0 Å². The number of aliphatic carboxylic acids is 1. The molecule has 160 valence electrons. The number of Topliss-reactive ketones (excluding diaryl/α,β-unsaturated/α-hetero) is 2. The van der Waals surface area contributed by atoms with Crippen LogP contribution in [-0.2, 0) is 18.8 Å². The molecule has 0 amide bonds. The molecule has 0 spiro atoms. The number of carboxylic acid groups (broad SMARTS) is 1. The Kier molecular flexibility index (Phi) is 8.26. The van der Waals surface area contributed by atoms with Gasteiger partial charge in [-0.05, 0) is 15.4 Å². The van der Waals surface area contributed by atoms with E-state index in [-0.39, 0.29) is 36.7 Å². The fraction of sp³-hybridized carbons (Fsp3) is 0.375. The molecule has 2 aromatic rings. The first-order valence-electron chi connectivity index (χ1n) is 10.2. The van der Waals surface area contributed by atoms with Gasteiger partial charge in [-0.2, -0.15) is 0 Å². The van der Waals surface area contributed by atoms with E-state index >= 15 is 0 Å². The van der Waals surface area contributed by atoms with Crippen molar-refractivity contribution in [2.24, 2.45) is 0 Å². The quantitative estimate of drug-likeness (QED) is 0.440. The number of hydrogen-bond acceptors (Lipinski definition) is 4. The molecule has 1 N–H and O–H groups in total. The monoisotopic (exact) mass is 426 g/mol. The maximum Gasteiger partial charge on any atom is 0.310 e. The molecule has 30 heavy (non-hydrogen) atoms. The summed E-state index contributed by atoms with van der Waals surface area (Å²) in [5, 5.41) is 10.8. The van der Waals surface area contributed by atoms with Crippen LogP contribution in [0.2, 0.25) is 5.04 Å². The van der Waals surface area contributed by atoms with Crippen LogP contribution in [0.4, 0.5) is 0 Å². The van der Waals surface area contributed by atoms with Gasteiger partial charge < -0.3 is 9.53 Å². The van der Waals surface area contributed by atoms with Crippen LogP contribution < -0.4 is 10.4 Å². The Morgan fingerprint density at radius 2 is 1.27 bits per heavy atom. The van der Waals surface area contributed by atoms with Crippen LogP contribution in [-0.4, -0.2) is 37.6 Å². The molecule has 2 rings (SSSR count). The SMILES string of the molecule is CC(C)(C)[Si](OCCC(=O)CCC(=O)CC(=O)O)(c1ccccc1)c1ccccc1. The van der Waals surface area contributed by atoms with Gasteiger partial charge in [0.25, 0.3) is 8.32 Å². The Bertz CT molecular complexity index is 817. The smallest absolute Gasteiger partial charge is 0.310 e. The van der Waals surface area contributed by atoms with Crippen molar-refractivity contribution in [2.45, 2.75) is 51.5 Å². The maximum atomic E-state index is 12.3. The van der Waals surface area contributed by atoms with Crippen LogP contribution in [0.25, 0.3) is 0 Å². The van der Waals surface area contributed by atoms with Crippen LogP contribution in [0.5, 0.6) is 0 Å². The lowest BCUT2D eigenvalue weighted by molar-refractivity contribution is -0.140. The minimum Gasteiger partial charge on any atom is -0.481 e. The lowest BCUT2D eigenvalue weighted by Crippen LogP contribution is -2.66. The molecule has 0 aromatic heterocycles. The van der Waals surface area contributed by atoms with Gasteiger partial charge >= 0.3 is 5.97 Å². The molecule has 6 heteroatoms. The minimum absolute atomic E-state index is 0.0374. The van der Waals surface area contributed by atoms with Crippen LogP contribution in [0.3, 0.4) is 0 Å². The van der Waals surface area contributed by atoms with Crippen molar-refractivity contribution in [1.82, 2.24) is 0 Å². The Balaban J connectivity index is 2.18. The Morgan fingerprint density at radius 3 is 1.70 bits per heavy atom. The molecule has 0 aliphatic rings. The van der Waals surface area contributed by atoms with Gasteiger partial charge in [-0.25, -0.2) is 0 Å². The molecule has 0 unspecified atom stereocenters. The van der Waals surface area contributed by atoms with E-state index in [2.05, 4.69) is 45.0 Å². The fourth-order valence-electron chi connectivity index (χ4n) is 3.74. The molecule has 0 saturated heterocycles. The van der Waals surface area contributed by atoms with Crippen molar-refractivity contribution in [2.75, 3.05) is 6.61 Å². The first-order valence-corrected chi connectivity index (χ1v) is 12.1. The van der Waals surface area contributed by atoms with Crippen molar-refractivity contribution in [3.63, 3.8) is 0 Å². The number of rotatable bonds is 11. The standard InChI is InChI=1S/C24H30O5Si/c1-24(2,3)30(21-10-6-4-7-11-21,22-12-8-5-9-13-22)29-17-16-19(25)14-15-20(26)18-23(27)28/h4-13H,14-18H2,1-3H3,(H,27,28). The summed E-state index contributed by atoms with van der Waals surface area (Å²) >= 11 is 0. The molecule has 0 atom stereocenters. The number of hydrogen-bond donors (Lipinski definition) is 1. The molecule has 0 aliphatic heterocycles. The lowest BCUT2D eigenvalue weighted by Gasteiger charge is -2.43. The highest BCUT2D eigenvalue weighted by Gasteiger charge is 2.50. The second kappa shape index (κ2) is 10.5. The van der Waals surface area contributed by atoms with Crippen LogP contribution in [0.1, 0.15) is 46.5 Å². The predicted octanol–water partition coefficient (Wildman–Crippen LogP) is 3.35. The highest BCUT2D eigenvalue weighted by molar-refractivity contribution is 6.99. The average Bonchev–Trinajstić information content (AvgIpc) is 2.69. The summed E-state index contributed by atoms with van der Waals surface area (Å²) < 4.78 is 6.65. The highest BCUT2D eigenvalue weighted by Crippen LogP contribution is 2.36. The fourth-order valence-corrected chi connectivity index (χ4v) is 8.30. The van der Waals surface area contributed by atoms with Gasteiger partial charge in [0.15, 0.2) is 0 Å². The Labute approximate surface area is 179 Å². The lowest BCUT2D eigenvalue weighted by atomic mass is 10.1. The number of benzene rings is 2. The number of carbonyl (C=O) groups is 3. The van der Waals surface area contributed by atoms with E-state index in [4.69, 9.17) is 9.53 Å². The van der Waals surface area contributed by atoms with E-state index in [0.29, 0.717) is 0 Å². The van der Waals surface area contributed by atoms with E-state index in [1.807, 2.05) is 36.4 Å². The third kappa shape index (κ3) is 5.97. The minimum atomic E-state index is -2.68. The van der Waals surface area contributed by atoms with Crippen molar-refractivity contribution < 1.29 is 23.9 Å². The van der Waals surface area contributed by atoms with E-state index in [9.17, 15) is 14.4 Å². The van der Waals surface area contributed by atoms with Crippen molar-refractivity contribution in [1.29, 1.82) is 0 Å². The summed E-state index contributed by atoms with van der Waals surface area (Å²) in [6.45, 7) is 6.78. The molecule has 5 nitrogen and oxygen atoms in total. The van der Waals surface area contributed by atoms with Gasteiger partial charge in [0.1, 0.15) is 18.0 Å². The normalized spacial score (nSPS) is 11.8. The number of carbonyl (C=O) groups excluding carboxylic acids is 2. The molecule has 0 saturated carbocycles. The third-order valence-corrected chi connectivity index (χ3v) is 10.2. The predicted molar refractivity (Wildman–Crippen MR) is 120 cm³/mol. The van der Waals surface area contributed by atoms with Crippen LogP contribution in [0.15, 0.2) is 60.7 Å². The van der Waals surface area contributed by atoms with Gasteiger partial charge in [-0.3, -0.25) is 14.4 Å². The van der Waals surface area contributed by atoms with Gasteiger partial charge in [-0.15, -0.1) is 0 Å². The van der Waals surface area contributed by atoms with Gasteiger partial charge in [0, 0.05) is 25.9 Å². The van der Waals surface area contributed by atoms with Crippen LogP contribution in [0, 0.1) is 0 Å². The van der Waals surface area contributed by atoms with E-state index in [1.165, 1.54) is 0 Å². The largest absolute Gasteiger partial charge is 0.481 e. The van der Waals surface area contributed by atoms with Gasteiger partial charge in [0.05, 0.1) is 0 Å². The summed E-state index contributed by atoms with van der Waals surface area (Å²) in [5.41, 5.74) is 0. The summed E-state index contributed by atoms with van der Waals surface area (Å²) in [4.78, 5) is 34.4. The summed E-state index contributed by atoms with van der Waals surface area (Å²) in [5.74, 6) is -1.68. The van der Waals surface area contributed by atoms with E-state index < -0.39 is 26.5 Å². The summed E-state index contributed by atoms with van der Waals surface area (Å²) in [6, 6.07) is 20.4. The number of ketones is 2. The van der Waals surface area contributed by atoms with Crippen molar-refractivity contribution >= 4 is 36.2 Å². The molecule has 0 bridgehead atoms. The summed E-state index contributed by atoms with van der Waals surface area (Å²) in [6.07, 6.45) is -0.322. The molecule has 0 fully saturated rings. The maximum absolute atomic E-state index is 12.3. The van der Waals surface area contributed by atoms with E-state index in [1.54, 1.807) is 0 Å². The van der Waals surface area contributed by atoms with Crippen molar-refractivity contribution in [3.05, 3.63) is 60.7 Å². The molecule has 0 heterocycles. The van der Waals surface area contributed by atoms with E-state index in [0.717, 1.165) is 10.4 Å². The van der Waals surface area contributed by atoms with Gasteiger partial charge in [-0.1, -0.05) is 81.4 Å². The average molecular weight is 427 g/mol. The molecular formula is C24H30O5Si. The first kappa shape index (κ1) is 23.7. The first-order chi connectivity index (χ1) is 14.2. The molecule has 2 aromatic carbocycles. The Morgan fingerprint density at radius 1 is 0.800 bits per heavy atom. The third-order valence-electron chi connectivity index (χ3n) is 5.15. The molecule has 0 aliphatic carbocycles. The molecular weight excluding hydrogens is 396 g/mol. The second-order valence-corrected chi connectivity index (χ2v) is 12.7. The zero-order valence-electron chi connectivity index (χ0n) is 17.9. The zero-order chi connectivity index (χ0) is 22.2. The Hall–Kier alpha value is -2.57. The second-order valence-electron chi connectivity index (χ2n) is 8.41. The highest BCUT2D eigenvalue weighted by atomic mass is 28.4. The zero-order valence-corrected chi connectivity index (χ0v) is 18.9. The van der Waals surface area contributed by atoms with Crippen LogP contribution >= 0.6 is 0 Å². The molecule has 0 radical (unpaired) electrons. The van der Waals surface area contributed by atoms with Crippen molar-refractivity contribution in [3.8, 4) is 0 Å². The summed E-state index contributed by atoms with van der Waals surface area (Å²) in [7, 11) is -2.68.